The van der Waals surface area contributed by atoms with E-state index in [2.05, 4.69) is 15.5 Å². The number of benzene rings is 2. The molecule has 9 heteroatoms. The number of halogens is 3. The van der Waals surface area contributed by atoms with Crippen molar-refractivity contribution in [1.82, 2.24) is 10.2 Å². The summed E-state index contributed by atoms with van der Waals surface area (Å²) in [7, 11) is 0. The van der Waals surface area contributed by atoms with Gasteiger partial charge in [-0.05, 0) is 43.3 Å². The minimum atomic E-state index is -4.42. The van der Waals surface area contributed by atoms with Crippen molar-refractivity contribution >= 4 is 23.4 Å². The van der Waals surface area contributed by atoms with Crippen molar-refractivity contribution in [2.24, 2.45) is 0 Å². The molecule has 0 unspecified atom stereocenters. The van der Waals surface area contributed by atoms with Gasteiger partial charge in [0.25, 0.3) is 5.22 Å². The van der Waals surface area contributed by atoms with E-state index in [-0.39, 0.29) is 16.8 Å². The molecule has 3 rings (SSSR count). The Hall–Kier alpha value is -2.81. The monoisotopic (exact) mass is 393 g/mol. The fraction of sp³-hybridized carbons (Fsp3) is 0.167. The lowest BCUT2D eigenvalue weighted by Crippen LogP contribution is -2.22. The predicted octanol–water partition coefficient (Wildman–Crippen LogP) is 4.87. The van der Waals surface area contributed by atoms with Gasteiger partial charge < -0.3 is 9.73 Å². The number of carbonyl (C=O) groups is 1. The number of rotatable bonds is 5. The lowest BCUT2D eigenvalue weighted by atomic mass is 10.2. The van der Waals surface area contributed by atoms with Crippen LogP contribution in [0.3, 0.4) is 0 Å². The van der Waals surface area contributed by atoms with Gasteiger partial charge in [-0.25, -0.2) is 0 Å². The molecule has 1 heterocycles. The third-order valence-electron chi connectivity index (χ3n) is 3.55. The van der Waals surface area contributed by atoms with Crippen molar-refractivity contribution in [2.45, 2.75) is 23.6 Å². The normalized spacial score (nSPS) is 12.6. The van der Waals surface area contributed by atoms with Gasteiger partial charge in [0.2, 0.25) is 11.8 Å². The van der Waals surface area contributed by atoms with E-state index in [9.17, 15) is 18.0 Å². The molecule has 2 aromatic carbocycles. The number of thioether (sulfide) groups is 1. The van der Waals surface area contributed by atoms with Crippen LogP contribution < -0.4 is 5.32 Å². The number of hydrogen-bond acceptors (Lipinski definition) is 5. The zero-order valence-electron chi connectivity index (χ0n) is 14.0. The molecule has 5 nitrogen and oxygen atoms in total. The van der Waals surface area contributed by atoms with E-state index in [1.807, 2.05) is 30.3 Å². The van der Waals surface area contributed by atoms with Crippen LogP contribution >= 0.6 is 11.8 Å². The summed E-state index contributed by atoms with van der Waals surface area (Å²) in [4.78, 5) is 12.2. The van der Waals surface area contributed by atoms with Gasteiger partial charge in [0.15, 0.2) is 0 Å². The van der Waals surface area contributed by atoms with Crippen LogP contribution in [0.5, 0.6) is 0 Å². The first-order valence-corrected chi connectivity index (χ1v) is 8.74. The average molecular weight is 393 g/mol. The Morgan fingerprint density at radius 2 is 1.74 bits per heavy atom. The summed E-state index contributed by atoms with van der Waals surface area (Å²) in [5.41, 5.74) is 0.261. The molecule has 0 aliphatic carbocycles. The molecule has 1 amide bonds. The van der Waals surface area contributed by atoms with Crippen LogP contribution in [0.25, 0.3) is 11.5 Å². The second-order valence-electron chi connectivity index (χ2n) is 5.56. The smallest absolute Gasteiger partial charge is 0.411 e. The molecule has 0 saturated heterocycles. The average Bonchev–Trinajstić information content (AvgIpc) is 3.10. The lowest BCUT2D eigenvalue weighted by molar-refractivity contribution is -0.137. The maximum Gasteiger partial charge on any atom is 0.416 e. The van der Waals surface area contributed by atoms with Crippen LogP contribution in [-0.2, 0) is 11.0 Å². The molecule has 0 radical (unpaired) electrons. The summed E-state index contributed by atoms with van der Waals surface area (Å²) in [6, 6.07) is 13.4. The molecule has 0 aliphatic rings. The van der Waals surface area contributed by atoms with Crippen molar-refractivity contribution < 1.29 is 22.4 Å². The van der Waals surface area contributed by atoms with Crippen LogP contribution in [0.2, 0.25) is 0 Å². The van der Waals surface area contributed by atoms with E-state index in [1.54, 1.807) is 6.92 Å². The summed E-state index contributed by atoms with van der Waals surface area (Å²) >= 11 is 1.06. The Morgan fingerprint density at radius 1 is 1.07 bits per heavy atom. The van der Waals surface area contributed by atoms with Gasteiger partial charge in [0, 0.05) is 11.3 Å². The highest BCUT2D eigenvalue weighted by atomic mass is 32.2. The molecular weight excluding hydrogens is 379 g/mol. The van der Waals surface area contributed by atoms with Gasteiger partial charge in [-0.2, -0.15) is 13.2 Å². The highest BCUT2D eigenvalue weighted by Crippen LogP contribution is 2.30. The van der Waals surface area contributed by atoms with E-state index in [4.69, 9.17) is 4.42 Å². The van der Waals surface area contributed by atoms with E-state index >= 15 is 0 Å². The largest absolute Gasteiger partial charge is 0.416 e. The van der Waals surface area contributed by atoms with Gasteiger partial charge in [-0.1, -0.05) is 30.0 Å². The SMILES string of the molecule is C[C@H](Sc1nnc(-c2ccccc2)o1)C(=O)Nc1ccc(C(F)(F)F)cc1. The van der Waals surface area contributed by atoms with Crippen LogP contribution in [0.4, 0.5) is 18.9 Å². The number of alkyl halides is 3. The molecule has 0 fully saturated rings. The van der Waals surface area contributed by atoms with E-state index in [1.165, 1.54) is 12.1 Å². The van der Waals surface area contributed by atoms with Gasteiger partial charge in [0.05, 0.1) is 10.8 Å². The molecule has 0 bridgehead atoms. The molecule has 1 aromatic heterocycles. The minimum Gasteiger partial charge on any atom is -0.411 e. The number of aromatic nitrogens is 2. The van der Waals surface area contributed by atoms with Crippen molar-refractivity contribution in [3.63, 3.8) is 0 Å². The van der Waals surface area contributed by atoms with E-state index in [0.29, 0.717) is 5.89 Å². The van der Waals surface area contributed by atoms with Gasteiger partial charge in [-0.3, -0.25) is 4.79 Å². The molecule has 3 aromatic rings. The highest BCUT2D eigenvalue weighted by Gasteiger charge is 2.30. The van der Waals surface area contributed by atoms with Crippen LogP contribution in [0, 0.1) is 0 Å². The van der Waals surface area contributed by atoms with Gasteiger partial charge >= 0.3 is 6.18 Å². The topological polar surface area (TPSA) is 68.0 Å². The van der Waals surface area contributed by atoms with E-state index in [0.717, 1.165) is 29.5 Å². The number of carbonyl (C=O) groups excluding carboxylic acids is 1. The molecule has 0 aliphatic heterocycles. The zero-order valence-corrected chi connectivity index (χ0v) is 14.8. The molecule has 0 saturated carbocycles. The minimum absolute atomic E-state index is 0.226. The second-order valence-corrected chi connectivity index (χ2v) is 6.86. The lowest BCUT2D eigenvalue weighted by Gasteiger charge is -2.11. The summed E-state index contributed by atoms with van der Waals surface area (Å²) in [6.07, 6.45) is -4.42. The Balaban J connectivity index is 1.60. The van der Waals surface area contributed by atoms with Crippen molar-refractivity contribution in [3.8, 4) is 11.5 Å². The molecule has 140 valence electrons. The van der Waals surface area contributed by atoms with Crippen LogP contribution in [0.15, 0.2) is 64.2 Å². The molecule has 0 spiro atoms. The quantitative estimate of drug-likeness (QED) is 0.626. The molecule has 1 atom stereocenters. The third kappa shape index (κ3) is 4.88. The Bertz CT molecular complexity index is 912. The molecule has 1 N–H and O–H groups in total. The predicted molar refractivity (Wildman–Crippen MR) is 95.1 cm³/mol. The van der Waals surface area contributed by atoms with Crippen molar-refractivity contribution in [1.29, 1.82) is 0 Å². The molecular formula is C18H14F3N3O2S. The number of hydrogen-bond donors (Lipinski definition) is 1. The Labute approximate surface area is 157 Å². The summed E-state index contributed by atoms with van der Waals surface area (Å²) in [5.74, 6) is -0.0485. The maximum absolute atomic E-state index is 12.6. The fourth-order valence-electron chi connectivity index (χ4n) is 2.15. The van der Waals surface area contributed by atoms with E-state index < -0.39 is 17.0 Å². The van der Waals surface area contributed by atoms with Crippen molar-refractivity contribution in [2.75, 3.05) is 5.32 Å². The van der Waals surface area contributed by atoms with Crippen LogP contribution in [-0.4, -0.2) is 21.4 Å². The first kappa shape index (κ1) is 19.0. The summed E-state index contributed by atoms with van der Waals surface area (Å²) in [6.45, 7) is 1.64. The Kier molecular flexibility index (Phi) is 5.50. The fourth-order valence-corrected chi connectivity index (χ4v) is 2.83. The second kappa shape index (κ2) is 7.83. The summed E-state index contributed by atoms with van der Waals surface area (Å²) < 4.78 is 43.2. The number of nitrogens with one attached hydrogen (secondary N) is 1. The standard InChI is InChI=1S/C18H14F3N3O2S/c1-11(15(25)22-14-9-7-13(8-10-14)18(19,20)21)27-17-24-23-16(26-17)12-5-3-2-4-6-12/h2-11H,1H3,(H,22,25)/t11-/m0/s1. The summed E-state index contributed by atoms with van der Waals surface area (Å²) in [5, 5.41) is 10.0. The third-order valence-corrected chi connectivity index (χ3v) is 4.49. The first-order valence-electron chi connectivity index (χ1n) is 7.86. The Morgan fingerprint density at radius 3 is 2.37 bits per heavy atom. The van der Waals surface area contributed by atoms with Crippen LogP contribution in [0.1, 0.15) is 12.5 Å². The zero-order chi connectivity index (χ0) is 19.4. The van der Waals surface area contributed by atoms with Gasteiger partial charge in [-0.15, -0.1) is 10.2 Å². The van der Waals surface area contributed by atoms with Gasteiger partial charge in [0.1, 0.15) is 0 Å². The number of amides is 1. The maximum atomic E-state index is 12.6. The molecule has 27 heavy (non-hydrogen) atoms. The first-order chi connectivity index (χ1) is 12.8. The number of nitrogens with zero attached hydrogens (tertiary/aromatic N) is 2. The highest BCUT2D eigenvalue weighted by molar-refractivity contribution is 8.00. The number of anilines is 1. The van der Waals surface area contributed by atoms with Crippen molar-refractivity contribution in [3.05, 3.63) is 60.2 Å².